The number of ether oxygens (including phenoxy) is 4. The molecule has 11 heteroatoms. The van der Waals surface area contributed by atoms with Crippen LogP contribution in [0.4, 0.5) is 9.59 Å². The molecule has 0 saturated carbocycles. The van der Waals surface area contributed by atoms with Crippen molar-refractivity contribution < 1.29 is 33.3 Å². The van der Waals surface area contributed by atoms with Gasteiger partial charge in [-0.1, -0.05) is 13.8 Å². The van der Waals surface area contributed by atoms with Gasteiger partial charge in [0.2, 0.25) is 5.60 Å². The van der Waals surface area contributed by atoms with Crippen LogP contribution in [0.25, 0.3) is 22.3 Å². The minimum atomic E-state index is -1.83. The van der Waals surface area contributed by atoms with Gasteiger partial charge in [-0.2, -0.15) is 0 Å². The predicted molar refractivity (Wildman–Crippen MR) is 141 cm³/mol. The molecule has 2 aromatic heterocycles. The number of fused-ring (bicyclic) bond motifs is 5. The van der Waals surface area contributed by atoms with E-state index in [4.69, 9.17) is 35.5 Å². The van der Waals surface area contributed by atoms with E-state index in [0.717, 1.165) is 16.5 Å². The smallest absolute Gasteiger partial charge is 0.457 e. The minimum absolute atomic E-state index is 0.0266. The van der Waals surface area contributed by atoms with Crippen LogP contribution < -0.4 is 10.3 Å². The summed E-state index contributed by atoms with van der Waals surface area (Å²) in [6.07, 6.45) is -0.171. The SMILES string of the molecule is CCc1c2c(nc3ccc(OC(=O)OC(C)(C)C)cc13)-c1cc3c(c(=O)n1C2)COC(=O)[C@@]3(CC)OC(=O)Cl. The molecule has 2 aliphatic heterocycles. The highest BCUT2D eigenvalue weighted by molar-refractivity contribution is 6.61. The Morgan fingerprint density at radius 1 is 1.15 bits per heavy atom. The molecule has 0 spiro atoms. The number of hydrogen-bond acceptors (Lipinski definition) is 9. The first-order chi connectivity index (χ1) is 18.4. The first kappa shape index (κ1) is 26.7. The van der Waals surface area contributed by atoms with Crippen LogP contribution in [0.15, 0.2) is 29.1 Å². The molecule has 5 rings (SSSR count). The van der Waals surface area contributed by atoms with Crippen molar-refractivity contribution >= 4 is 40.1 Å². The van der Waals surface area contributed by atoms with E-state index in [1.807, 2.05) is 6.92 Å². The quantitative estimate of drug-likeness (QED) is 0.142. The highest BCUT2D eigenvalue weighted by Crippen LogP contribution is 2.42. The van der Waals surface area contributed by atoms with Gasteiger partial charge < -0.3 is 23.5 Å². The zero-order chi connectivity index (χ0) is 28.3. The van der Waals surface area contributed by atoms with Crippen molar-refractivity contribution in [3.8, 4) is 17.1 Å². The van der Waals surface area contributed by atoms with Gasteiger partial charge in [0.1, 0.15) is 18.0 Å². The Kier molecular flexibility index (Phi) is 6.41. The lowest BCUT2D eigenvalue weighted by atomic mass is 9.85. The Bertz CT molecular complexity index is 1620. The van der Waals surface area contributed by atoms with Crippen molar-refractivity contribution in [2.75, 3.05) is 0 Å². The van der Waals surface area contributed by atoms with Crippen LogP contribution in [0.3, 0.4) is 0 Å². The van der Waals surface area contributed by atoms with Crippen LogP contribution in [-0.2, 0) is 44.2 Å². The Morgan fingerprint density at radius 3 is 2.54 bits per heavy atom. The molecule has 1 atom stereocenters. The molecule has 39 heavy (non-hydrogen) atoms. The van der Waals surface area contributed by atoms with Gasteiger partial charge in [0.05, 0.1) is 29.0 Å². The first-order valence-corrected chi connectivity index (χ1v) is 13.0. The molecule has 2 aliphatic rings. The molecule has 0 bridgehead atoms. The third-order valence-electron chi connectivity index (χ3n) is 6.94. The van der Waals surface area contributed by atoms with Crippen LogP contribution in [-0.4, -0.2) is 32.7 Å². The van der Waals surface area contributed by atoms with Crippen LogP contribution in [0.5, 0.6) is 5.75 Å². The van der Waals surface area contributed by atoms with Crippen molar-refractivity contribution in [2.45, 2.75) is 71.8 Å². The third kappa shape index (κ3) is 4.42. The standard InChI is InChI=1S/C28H27ClN2O8/c1-6-15-16-10-14(37-26(35)39-27(3,4)5)8-9-20(16)30-22-17(15)12-31-21(22)11-19-18(23(31)32)13-36-24(33)28(19,7-2)38-25(29)34/h8-11H,6-7,12-13H2,1-5H3/t28-/m0/s1. The van der Waals surface area contributed by atoms with Gasteiger partial charge in [0, 0.05) is 28.1 Å². The summed E-state index contributed by atoms with van der Waals surface area (Å²) in [7, 11) is 0. The summed E-state index contributed by atoms with van der Waals surface area (Å²) in [4.78, 5) is 55.3. The molecular weight excluding hydrogens is 528 g/mol. The molecule has 204 valence electrons. The number of carbonyl (C=O) groups excluding carboxylic acids is 3. The minimum Gasteiger partial charge on any atom is -0.457 e. The van der Waals surface area contributed by atoms with E-state index in [2.05, 4.69) is 0 Å². The molecule has 1 aromatic carbocycles. The second kappa shape index (κ2) is 9.37. The topological polar surface area (TPSA) is 123 Å². The number of nitrogens with zero attached hydrogens (tertiary/aromatic N) is 2. The molecule has 3 aromatic rings. The van der Waals surface area contributed by atoms with Gasteiger partial charge in [-0.05, 0) is 63.4 Å². The van der Waals surface area contributed by atoms with E-state index in [0.29, 0.717) is 29.1 Å². The van der Waals surface area contributed by atoms with Gasteiger partial charge >= 0.3 is 17.6 Å². The summed E-state index contributed by atoms with van der Waals surface area (Å²) >= 11 is 5.53. The van der Waals surface area contributed by atoms with E-state index >= 15 is 0 Å². The summed E-state index contributed by atoms with van der Waals surface area (Å²) in [5.41, 5.74) is -0.108. The number of aromatic nitrogens is 2. The Morgan fingerprint density at radius 2 is 1.90 bits per heavy atom. The number of cyclic esters (lactones) is 1. The Balaban J connectivity index is 1.65. The van der Waals surface area contributed by atoms with E-state index in [9.17, 15) is 19.2 Å². The average molecular weight is 555 g/mol. The number of halogens is 1. The fourth-order valence-corrected chi connectivity index (χ4v) is 5.40. The zero-order valence-electron chi connectivity index (χ0n) is 22.2. The lowest BCUT2D eigenvalue weighted by molar-refractivity contribution is -0.171. The Labute approximate surface area is 228 Å². The summed E-state index contributed by atoms with van der Waals surface area (Å²) < 4.78 is 22.8. The van der Waals surface area contributed by atoms with Crippen LogP contribution in [0.2, 0.25) is 0 Å². The molecule has 0 aliphatic carbocycles. The second-order valence-electron chi connectivity index (χ2n) is 10.4. The maximum absolute atomic E-state index is 13.7. The number of pyridine rings is 2. The van der Waals surface area contributed by atoms with Crippen molar-refractivity contribution in [1.29, 1.82) is 0 Å². The molecule has 0 unspecified atom stereocenters. The van der Waals surface area contributed by atoms with E-state index in [1.165, 1.54) is 0 Å². The summed E-state index contributed by atoms with van der Waals surface area (Å²) in [5, 5.41) is 0.778. The number of carbonyl (C=O) groups is 3. The maximum Gasteiger partial charge on any atom is 0.514 e. The molecule has 10 nitrogen and oxygen atoms in total. The monoisotopic (exact) mass is 554 g/mol. The molecule has 0 saturated heterocycles. The van der Waals surface area contributed by atoms with Gasteiger partial charge in [-0.15, -0.1) is 0 Å². The van der Waals surface area contributed by atoms with Crippen LogP contribution in [0.1, 0.15) is 63.3 Å². The average Bonchev–Trinajstić information content (AvgIpc) is 3.21. The second-order valence-corrected chi connectivity index (χ2v) is 10.7. The highest BCUT2D eigenvalue weighted by Gasteiger charge is 2.50. The fraction of sp³-hybridized carbons (Fsp3) is 0.393. The van der Waals surface area contributed by atoms with Crippen molar-refractivity contribution in [2.24, 2.45) is 0 Å². The van der Waals surface area contributed by atoms with Crippen molar-refractivity contribution in [1.82, 2.24) is 9.55 Å². The van der Waals surface area contributed by atoms with Gasteiger partial charge in [-0.3, -0.25) is 4.79 Å². The van der Waals surface area contributed by atoms with E-state index in [1.54, 1.807) is 56.5 Å². The Hall–Kier alpha value is -3.92. The predicted octanol–water partition coefficient (Wildman–Crippen LogP) is 5.34. The van der Waals surface area contributed by atoms with Gasteiger partial charge in [-0.25, -0.2) is 19.4 Å². The number of rotatable bonds is 4. The largest absolute Gasteiger partial charge is 0.514 e. The maximum atomic E-state index is 13.7. The lowest BCUT2D eigenvalue weighted by Gasteiger charge is -2.34. The van der Waals surface area contributed by atoms with Gasteiger partial charge in [0.15, 0.2) is 0 Å². The van der Waals surface area contributed by atoms with Crippen molar-refractivity contribution in [3.63, 3.8) is 0 Å². The highest BCUT2D eigenvalue weighted by atomic mass is 35.5. The normalized spacial score (nSPS) is 17.6. The van der Waals surface area contributed by atoms with Crippen LogP contribution in [0, 0.1) is 0 Å². The summed E-state index contributed by atoms with van der Waals surface area (Å²) in [5.74, 6) is -0.477. The molecule has 4 heterocycles. The molecule has 0 radical (unpaired) electrons. The molecular formula is C28H27ClN2O8. The van der Waals surface area contributed by atoms with Crippen LogP contribution >= 0.6 is 11.6 Å². The number of benzene rings is 1. The number of aryl methyl sites for hydroxylation is 1. The fourth-order valence-electron chi connectivity index (χ4n) is 5.27. The van der Waals surface area contributed by atoms with E-state index < -0.39 is 28.8 Å². The van der Waals surface area contributed by atoms with Gasteiger partial charge in [0.25, 0.3) is 5.56 Å². The molecule has 0 amide bonds. The third-order valence-corrected chi connectivity index (χ3v) is 7.02. The van der Waals surface area contributed by atoms with Crippen molar-refractivity contribution in [3.05, 3.63) is 56.9 Å². The summed E-state index contributed by atoms with van der Waals surface area (Å²) in [6.45, 7) is 8.89. The summed E-state index contributed by atoms with van der Waals surface area (Å²) in [6, 6.07) is 6.76. The number of esters is 1. The molecule has 0 N–H and O–H groups in total. The van der Waals surface area contributed by atoms with E-state index in [-0.39, 0.29) is 36.3 Å². The molecule has 0 fully saturated rings. The zero-order valence-corrected chi connectivity index (χ0v) is 22.9. The number of hydrogen-bond donors (Lipinski definition) is 0. The first-order valence-electron chi connectivity index (χ1n) is 12.6. The lowest BCUT2D eigenvalue weighted by Crippen LogP contribution is -2.46.